The van der Waals surface area contributed by atoms with Crippen molar-refractivity contribution in [2.75, 3.05) is 38.3 Å². The summed E-state index contributed by atoms with van der Waals surface area (Å²) in [4.78, 5) is 35.1. The van der Waals surface area contributed by atoms with E-state index in [1.165, 1.54) is 16.7 Å². The molecule has 0 unspecified atom stereocenters. The average molecular weight is 431 g/mol. The SMILES string of the molecule is COCCN1C(=O)/C(=C\c2c(N3CCCC3)nc3c(C)cccn3c2=O)SC1=S. The van der Waals surface area contributed by atoms with Gasteiger partial charge in [-0.15, -0.1) is 0 Å². The minimum absolute atomic E-state index is 0.178. The number of methoxy groups -OCH3 is 1. The molecule has 29 heavy (non-hydrogen) atoms. The van der Waals surface area contributed by atoms with Crippen molar-refractivity contribution in [3.8, 4) is 0 Å². The number of aryl methyl sites for hydroxylation is 1. The number of fused-ring (bicyclic) bond motifs is 1. The number of rotatable bonds is 5. The molecule has 2 aromatic rings. The molecule has 2 aliphatic heterocycles. The van der Waals surface area contributed by atoms with Gasteiger partial charge in [0.15, 0.2) is 0 Å². The maximum atomic E-state index is 13.4. The molecule has 0 N–H and O–H groups in total. The van der Waals surface area contributed by atoms with E-state index in [2.05, 4.69) is 4.90 Å². The quantitative estimate of drug-likeness (QED) is 0.533. The molecule has 0 aromatic carbocycles. The molecule has 7 nitrogen and oxygen atoms in total. The Hall–Kier alpha value is -2.23. The highest BCUT2D eigenvalue weighted by Crippen LogP contribution is 2.33. The first-order chi connectivity index (χ1) is 14.0. The van der Waals surface area contributed by atoms with Gasteiger partial charge in [-0.05, 0) is 37.5 Å². The maximum Gasteiger partial charge on any atom is 0.267 e. The van der Waals surface area contributed by atoms with Gasteiger partial charge in [0.2, 0.25) is 0 Å². The normalized spacial score (nSPS) is 18.6. The van der Waals surface area contributed by atoms with Crippen molar-refractivity contribution in [1.82, 2.24) is 14.3 Å². The zero-order chi connectivity index (χ0) is 20.5. The first-order valence-corrected chi connectivity index (χ1v) is 10.7. The van der Waals surface area contributed by atoms with Gasteiger partial charge in [-0.1, -0.05) is 30.0 Å². The summed E-state index contributed by atoms with van der Waals surface area (Å²) in [5.41, 5.74) is 1.83. The van der Waals surface area contributed by atoms with Crippen LogP contribution in [0.5, 0.6) is 0 Å². The fourth-order valence-electron chi connectivity index (χ4n) is 3.60. The lowest BCUT2D eigenvalue weighted by Crippen LogP contribution is -2.31. The van der Waals surface area contributed by atoms with Gasteiger partial charge in [-0.2, -0.15) is 0 Å². The minimum Gasteiger partial charge on any atom is -0.383 e. The lowest BCUT2D eigenvalue weighted by molar-refractivity contribution is -0.122. The third-order valence-corrected chi connectivity index (χ3v) is 6.52. The number of carbonyl (C=O) groups is 1. The number of anilines is 1. The molecule has 2 fully saturated rings. The van der Waals surface area contributed by atoms with Crippen LogP contribution in [0, 0.1) is 6.92 Å². The van der Waals surface area contributed by atoms with E-state index in [1.807, 2.05) is 19.1 Å². The molecule has 9 heteroatoms. The zero-order valence-corrected chi connectivity index (χ0v) is 18.0. The average Bonchev–Trinajstić information content (AvgIpc) is 3.32. The molecule has 2 saturated heterocycles. The van der Waals surface area contributed by atoms with Gasteiger partial charge >= 0.3 is 0 Å². The van der Waals surface area contributed by atoms with Gasteiger partial charge in [0.05, 0.1) is 23.6 Å². The summed E-state index contributed by atoms with van der Waals surface area (Å²) in [5, 5.41) is 0. The van der Waals surface area contributed by atoms with E-state index < -0.39 is 0 Å². The molecule has 0 saturated carbocycles. The van der Waals surface area contributed by atoms with Gasteiger partial charge in [0, 0.05) is 26.4 Å². The Morgan fingerprint density at radius 3 is 2.79 bits per heavy atom. The van der Waals surface area contributed by atoms with Crippen LogP contribution in [-0.2, 0) is 9.53 Å². The van der Waals surface area contributed by atoms with Gasteiger partial charge in [0.1, 0.15) is 15.8 Å². The molecule has 1 amide bonds. The topological polar surface area (TPSA) is 67.2 Å². The summed E-state index contributed by atoms with van der Waals surface area (Å²) in [6.45, 7) is 4.44. The molecule has 0 spiro atoms. The van der Waals surface area contributed by atoms with Crippen LogP contribution >= 0.6 is 24.0 Å². The second-order valence-electron chi connectivity index (χ2n) is 7.06. The van der Waals surface area contributed by atoms with Crippen LogP contribution in [0.1, 0.15) is 24.0 Å². The minimum atomic E-state index is -0.196. The van der Waals surface area contributed by atoms with Crippen LogP contribution in [0.25, 0.3) is 11.7 Å². The van der Waals surface area contributed by atoms with E-state index in [0.717, 1.165) is 31.5 Å². The molecule has 4 rings (SSSR count). The standard InChI is InChI=1S/C20H22N4O3S2/c1-13-6-5-9-23-16(13)21-17(22-7-3-4-8-22)14(18(23)25)12-15-19(26)24(10-11-27-2)20(28)29-15/h5-6,9,12H,3-4,7-8,10-11H2,1-2H3/b15-12+. The van der Waals surface area contributed by atoms with E-state index in [9.17, 15) is 9.59 Å². The van der Waals surface area contributed by atoms with Crippen molar-refractivity contribution in [3.63, 3.8) is 0 Å². The number of hydrogen-bond donors (Lipinski definition) is 0. The molecule has 0 bridgehead atoms. The molecule has 4 heterocycles. The third kappa shape index (κ3) is 3.70. The number of amides is 1. The number of aromatic nitrogens is 2. The van der Waals surface area contributed by atoms with Crippen molar-refractivity contribution < 1.29 is 9.53 Å². The van der Waals surface area contributed by atoms with Crippen LogP contribution in [0.4, 0.5) is 5.82 Å². The van der Waals surface area contributed by atoms with Gasteiger partial charge in [-0.3, -0.25) is 18.9 Å². The summed E-state index contributed by atoms with van der Waals surface area (Å²) >= 11 is 6.57. The number of nitrogens with zero attached hydrogens (tertiary/aromatic N) is 4. The van der Waals surface area contributed by atoms with Crippen molar-refractivity contribution >= 4 is 51.7 Å². The van der Waals surface area contributed by atoms with E-state index in [1.54, 1.807) is 23.8 Å². The Kier molecular flexibility index (Phi) is 5.71. The van der Waals surface area contributed by atoms with Crippen LogP contribution in [0.15, 0.2) is 28.0 Å². The summed E-state index contributed by atoms with van der Waals surface area (Å²) in [5.74, 6) is 0.446. The van der Waals surface area contributed by atoms with Crippen molar-refractivity contribution in [3.05, 3.63) is 44.7 Å². The molecule has 0 aliphatic carbocycles. The molecule has 152 valence electrons. The first-order valence-electron chi connectivity index (χ1n) is 9.52. The zero-order valence-electron chi connectivity index (χ0n) is 16.4. The van der Waals surface area contributed by atoms with Crippen LogP contribution in [0.2, 0.25) is 0 Å². The number of carbonyl (C=O) groups excluding carboxylic acids is 1. The monoisotopic (exact) mass is 430 g/mol. The third-order valence-electron chi connectivity index (χ3n) is 5.14. The van der Waals surface area contributed by atoms with Crippen molar-refractivity contribution in [2.24, 2.45) is 0 Å². The van der Waals surface area contributed by atoms with Crippen molar-refractivity contribution in [1.29, 1.82) is 0 Å². The number of thiocarbonyl (C=S) groups is 1. The van der Waals surface area contributed by atoms with E-state index in [-0.39, 0.29) is 11.5 Å². The highest BCUT2D eigenvalue weighted by atomic mass is 32.2. The van der Waals surface area contributed by atoms with Crippen LogP contribution < -0.4 is 10.5 Å². The number of ether oxygens (including phenoxy) is 1. The number of pyridine rings is 1. The smallest absolute Gasteiger partial charge is 0.267 e. The highest BCUT2D eigenvalue weighted by Gasteiger charge is 2.32. The Labute approximate surface area is 178 Å². The van der Waals surface area contributed by atoms with Gasteiger partial charge < -0.3 is 9.64 Å². The summed E-state index contributed by atoms with van der Waals surface area (Å²) < 4.78 is 7.09. The molecule has 0 radical (unpaired) electrons. The Morgan fingerprint density at radius 2 is 2.07 bits per heavy atom. The van der Waals surface area contributed by atoms with Gasteiger partial charge in [-0.25, -0.2) is 4.98 Å². The number of thioether (sulfide) groups is 1. The second kappa shape index (κ2) is 8.25. The van der Waals surface area contributed by atoms with Crippen LogP contribution in [-0.4, -0.2) is 57.9 Å². The lowest BCUT2D eigenvalue weighted by atomic mass is 10.2. The van der Waals surface area contributed by atoms with Crippen molar-refractivity contribution in [2.45, 2.75) is 19.8 Å². The summed E-state index contributed by atoms with van der Waals surface area (Å²) in [6.07, 6.45) is 5.50. The van der Waals surface area contributed by atoms with E-state index in [0.29, 0.717) is 39.4 Å². The largest absolute Gasteiger partial charge is 0.383 e. The predicted octanol–water partition coefficient (Wildman–Crippen LogP) is 2.45. The molecule has 2 aliphatic rings. The van der Waals surface area contributed by atoms with Gasteiger partial charge in [0.25, 0.3) is 11.5 Å². The Balaban J connectivity index is 1.84. The van der Waals surface area contributed by atoms with E-state index in [4.69, 9.17) is 21.9 Å². The number of hydrogen-bond acceptors (Lipinski definition) is 7. The fraction of sp³-hybridized carbons (Fsp3) is 0.400. The summed E-state index contributed by atoms with van der Waals surface area (Å²) in [7, 11) is 1.58. The molecule has 2 aromatic heterocycles. The lowest BCUT2D eigenvalue weighted by Gasteiger charge is -2.20. The first kappa shape index (κ1) is 20.1. The second-order valence-corrected chi connectivity index (χ2v) is 8.74. The predicted molar refractivity (Wildman–Crippen MR) is 119 cm³/mol. The van der Waals surface area contributed by atoms with E-state index >= 15 is 0 Å². The van der Waals surface area contributed by atoms with Crippen LogP contribution in [0.3, 0.4) is 0 Å². The molecular formula is C20H22N4O3S2. The Bertz CT molecular complexity index is 1070. The Morgan fingerprint density at radius 1 is 1.31 bits per heavy atom. The summed E-state index contributed by atoms with van der Waals surface area (Å²) in [6, 6.07) is 3.77. The fourth-order valence-corrected chi connectivity index (χ4v) is 4.89. The maximum absolute atomic E-state index is 13.4. The molecule has 0 atom stereocenters. The molecular weight excluding hydrogens is 408 g/mol. The highest BCUT2D eigenvalue weighted by molar-refractivity contribution is 8.26.